The number of hydrazine groups is 1. The van der Waals surface area contributed by atoms with Crippen LogP contribution in [0.25, 0.3) is 10.2 Å². The summed E-state index contributed by atoms with van der Waals surface area (Å²) in [7, 11) is 0. The van der Waals surface area contributed by atoms with Crippen LogP contribution in [0.4, 0.5) is 0 Å². The molecular weight excluding hydrogens is 290 g/mol. The number of nitrogens with zero attached hydrogens (tertiary/aromatic N) is 2. The highest BCUT2D eigenvalue weighted by atomic mass is 32.1. The summed E-state index contributed by atoms with van der Waals surface area (Å²) in [6, 6.07) is 8.09. The number of benzene rings is 1. The first-order valence-corrected chi connectivity index (χ1v) is 7.91. The Bertz CT molecular complexity index is 585. The lowest BCUT2D eigenvalue weighted by atomic mass is 10.2. The van der Waals surface area contributed by atoms with Gasteiger partial charge in [-0.3, -0.25) is 0 Å². The van der Waals surface area contributed by atoms with Gasteiger partial charge in [0.1, 0.15) is 4.99 Å². The van der Waals surface area contributed by atoms with Gasteiger partial charge in [-0.25, -0.2) is 9.99 Å². The minimum Gasteiger partial charge on any atom is -0.373 e. The van der Waals surface area contributed by atoms with Gasteiger partial charge in [0.15, 0.2) is 5.01 Å². The predicted octanol–water partition coefficient (Wildman–Crippen LogP) is 2.59. The lowest BCUT2D eigenvalue weighted by molar-refractivity contribution is -0.0762. The van der Waals surface area contributed by atoms with Crippen molar-refractivity contribution in [3.63, 3.8) is 0 Å². The van der Waals surface area contributed by atoms with Gasteiger partial charge in [-0.1, -0.05) is 24.4 Å². The topological polar surface area (TPSA) is 37.4 Å². The number of morpholine rings is 1. The Morgan fingerprint density at radius 2 is 2.05 bits per heavy atom. The minimum atomic E-state index is 0.212. The lowest BCUT2D eigenvalue weighted by Crippen LogP contribution is -2.53. The van der Waals surface area contributed by atoms with Gasteiger partial charge in [-0.05, 0) is 26.0 Å². The summed E-state index contributed by atoms with van der Waals surface area (Å²) in [5, 5.41) is 2.99. The number of thiocarbonyl (C=S) groups is 1. The lowest BCUT2D eigenvalue weighted by Gasteiger charge is -2.35. The second-order valence-electron chi connectivity index (χ2n) is 5.09. The summed E-state index contributed by atoms with van der Waals surface area (Å²) in [5.41, 5.74) is 4.29. The molecule has 20 heavy (non-hydrogen) atoms. The van der Waals surface area contributed by atoms with Crippen molar-refractivity contribution in [2.75, 3.05) is 13.1 Å². The van der Waals surface area contributed by atoms with Gasteiger partial charge in [0.2, 0.25) is 0 Å². The second-order valence-corrected chi connectivity index (χ2v) is 6.53. The third-order valence-corrected chi connectivity index (χ3v) is 4.64. The Morgan fingerprint density at radius 1 is 1.35 bits per heavy atom. The van der Waals surface area contributed by atoms with Crippen molar-refractivity contribution in [3.05, 3.63) is 29.3 Å². The standard InChI is InChI=1S/C14H17N3OS2/c1-9-7-17(8-10(2)18-9)16-13(19)14-15-11-5-3-4-6-12(11)20-14/h3-6,9-10H,7-8H2,1-2H3,(H,16,19). The van der Waals surface area contributed by atoms with Crippen molar-refractivity contribution in [2.45, 2.75) is 26.1 Å². The molecule has 2 unspecified atom stereocenters. The molecule has 0 radical (unpaired) electrons. The zero-order chi connectivity index (χ0) is 14.1. The SMILES string of the molecule is CC1CN(NC(=S)c2nc3ccccc3s2)CC(C)O1. The smallest absolute Gasteiger partial charge is 0.153 e. The zero-order valence-corrected chi connectivity index (χ0v) is 13.1. The van der Waals surface area contributed by atoms with Gasteiger partial charge < -0.3 is 10.2 Å². The molecule has 106 valence electrons. The van der Waals surface area contributed by atoms with Gasteiger partial charge in [-0.2, -0.15) is 0 Å². The van der Waals surface area contributed by atoms with Gasteiger partial charge in [0, 0.05) is 13.1 Å². The average molecular weight is 307 g/mol. The number of rotatable bonds is 2. The van der Waals surface area contributed by atoms with Crippen LogP contribution in [0.5, 0.6) is 0 Å². The number of thiazole rings is 1. The number of ether oxygens (including phenoxy) is 1. The van der Waals surface area contributed by atoms with E-state index in [0.717, 1.165) is 28.3 Å². The zero-order valence-electron chi connectivity index (χ0n) is 11.5. The van der Waals surface area contributed by atoms with Crippen molar-refractivity contribution in [2.24, 2.45) is 0 Å². The monoisotopic (exact) mass is 307 g/mol. The highest BCUT2D eigenvalue weighted by Gasteiger charge is 2.23. The quantitative estimate of drug-likeness (QED) is 0.863. The molecule has 1 aliphatic heterocycles. The van der Waals surface area contributed by atoms with E-state index in [9.17, 15) is 0 Å². The number of nitrogens with one attached hydrogen (secondary N) is 1. The Morgan fingerprint density at radius 3 is 2.75 bits per heavy atom. The van der Waals surface area contributed by atoms with Crippen LogP contribution in [-0.2, 0) is 4.74 Å². The normalized spacial score (nSPS) is 23.9. The number of para-hydroxylation sites is 1. The largest absolute Gasteiger partial charge is 0.373 e. The number of fused-ring (bicyclic) bond motifs is 1. The molecule has 1 N–H and O–H groups in total. The molecule has 0 spiro atoms. The molecule has 0 bridgehead atoms. The van der Waals surface area contributed by atoms with E-state index in [1.54, 1.807) is 11.3 Å². The average Bonchev–Trinajstić information content (AvgIpc) is 2.81. The van der Waals surface area contributed by atoms with E-state index in [1.165, 1.54) is 0 Å². The number of aromatic nitrogens is 1. The summed E-state index contributed by atoms with van der Waals surface area (Å²) < 4.78 is 6.88. The van der Waals surface area contributed by atoms with Crippen LogP contribution >= 0.6 is 23.6 Å². The van der Waals surface area contributed by atoms with Crippen molar-refractivity contribution in [1.29, 1.82) is 0 Å². The van der Waals surface area contributed by atoms with Crippen LogP contribution in [0.2, 0.25) is 0 Å². The minimum absolute atomic E-state index is 0.212. The summed E-state index contributed by atoms with van der Waals surface area (Å²) in [5.74, 6) is 0. The summed E-state index contributed by atoms with van der Waals surface area (Å²) in [6.07, 6.45) is 0.425. The fourth-order valence-electron chi connectivity index (χ4n) is 2.43. The highest BCUT2D eigenvalue weighted by molar-refractivity contribution is 7.81. The van der Waals surface area contributed by atoms with Crippen LogP contribution < -0.4 is 5.43 Å². The predicted molar refractivity (Wildman–Crippen MR) is 86.0 cm³/mol. The fraction of sp³-hybridized carbons (Fsp3) is 0.429. The second kappa shape index (κ2) is 5.73. The summed E-state index contributed by atoms with van der Waals surface area (Å²) in [6.45, 7) is 5.81. The molecule has 6 heteroatoms. The van der Waals surface area contributed by atoms with Gasteiger partial charge in [-0.15, -0.1) is 11.3 Å². The summed E-state index contributed by atoms with van der Waals surface area (Å²) in [4.78, 5) is 5.26. The summed E-state index contributed by atoms with van der Waals surface area (Å²) >= 11 is 7.10. The van der Waals surface area contributed by atoms with Crippen LogP contribution in [0.15, 0.2) is 24.3 Å². The molecule has 0 saturated carbocycles. The van der Waals surface area contributed by atoms with E-state index in [2.05, 4.69) is 35.3 Å². The number of hydrogen-bond acceptors (Lipinski definition) is 5. The molecule has 2 atom stereocenters. The maximum Gasteiger partial charge on any atom is 0.153 e. The maximum atomic E-state index is 5.71. The van der Waals surface area contributed by atoms with E-state index in [-0.39, 0.29) is 12.2 Å². The molecule has 1 aliphatic rings. The Kier molecular flexibility index (Phi) is 3.98. The molecule has 1 saturated heterocycles. The fourth-order valence-corrected chi connectivity index (χ4v) is 3.59. The van der Waals surface area contributed by atoms with Gasteiger partial charge >= 0.3 is 0 Å². The van der Waals surface area contributed by atoms with Crippen LogP contribution in [0.1, 0.15) is 18.9 Å². The maximum absolute atomic E-state index is 5.71. The van der Waals surface area contributed by atoms with E-state index in [4.69, 9.17) is 17.0 Å². The van der Waals surface area contributed by atoms with Gasteiger partial charge in [0.25, 0.3) is 0 Å². The molecule has 3 rings (SSSR count). The molecule has 1 fully saturated rings. The van der Waals surface area contributed by atoms with Crippen LogP contribution in [0, 0.1) is 0 Å². The molecular formula is C14H17N3OS2. The van der Waals surface area contributed by atoms with Crippen molar-refractivity contribution in [3.8, 4) is 0 Å². The molecule has 0 aliphatic carbocycles. The first-order chi connectivity index (χ1) is 9.61. The van der Waals surface area contributed by atoms with Crippen molar-refractivity contribution in [1.82, 2.24) is 15.4 Å². The first-order valence-electron chi connectivity index (χ1n) is 6.69. The van der Waals surface area contributed by atoms with Crippen LogP contribution in [0.3, 0.4) is 0 Å². The van der Waals surface area contributed by atoms with Crippen molar-refractivity contribution < 1.29 is 4.74 Å². The molecule has 4 nitrogen and oxygen atoms in total. The van der Waals surface area contributed by atoms with Crippen molar-refractivity contribution >= 4 is 38.8 Å². The molecule has 0 amide bonds. The molecule has 2 heterocycles. The molecule has 2 aromatic rings. The third-order valence-electron chi connectivity index (χ3n) is 3.17. The van der Waals surface area contributed by atoms with E-state index in [0.29, 0.717) is 4.99 Å². The van der Waals surface area contributed by atoms with E-state index < -0.39 is 0 Å². The van der Waals surface area contributed by atoms with Gasteiger partial charge in [0.05, 0.1) is 22.4 Å². The van der Waals surface area contributed by atoms with E-state index in [1.807, 2.05) is 18.2 Å². The Labute approximate surface area is 127 Å². The third kappa shape index (κ3) is 2.98. The first kappa shape index (κ1) is 13.9. The van der Waals surface area contributed by atoms with E-state index >= 15 is 0 Å². The Balaban J connectivity index is 1.72. The highest BCUT2D eigenvalue weighted by Crippen LogP contribution is 2.22. The molecule has 1 aromatic carbocycles. The number of hydrogen-bond donors (Lipinski definition) is 1. The van der Waals surface area contributed by atoms with Crippen LogP contribution in [-0.4, -0.2) is 40.3 Å². The molecule has 1 aromatic heterocycles. The Hall–Kier alpha value is -1.08.